The molecule has 0 bridgehead atoms. The molecule has 130 valence electrons. The van der Waals surface area contributed by atoms with Crippen molar-refractivity contribution in [3.05, 3.63) is 0 Å². The van der Waals surface area contributed by atoms with Crippen molar-refractivity contribution in [3.63, 3.8) is 0 Å². The van der Waals surface area contributed by atoms with Gasteiger partial charge in [0.25, 0.3) is 0 Å². The Hall–Kier alpha value is -1.14. The number of carbonyl (C=O) groups is 2. The van der Waals surface area contributed by atoms with E-state index >= 15 is 0 Å². The molecule has 0 amide bonds. The molecule has 0 N–H and O–H groups in total. The highest BCUT2D eigenvalue weighted by Gasteiger charge is 2.41. The van der Waals surface area contributed by atoms with E-state index in [1.807, 2.05) is 0 Å². The summed E-state index contributed by atoms with van der Waals surface area (Å²) in [4.78, 5) is 24.6. The zero-order valence-electron chi connectivity index (χ0n) is 14.9. The van der Waals surface area contributed by atoms with Gasteiger partial charge in [-0.3, -0.25) is 9.59 Å². The van der Waals surface area contributed by atoms with Gasteiger partial charge >= 0.3 is 11.9 Å². The molecule has 0 saturated heterocycles. The van der Waals surface area contributed by atoms with E-state index in [0.29, 0.717) is 0 Å². The summed E-state index contributed by atoms with van der Waals surface area (Å²) >= 11 is 0. The molecule has 0 aromatic carbocycles. The highest BCUT2D eigenvalue weighted by Crippen LogP contribution is 2.19. The second-order valence-electron chi connectivity index (χ2n) is 6.19. The van der Waals surface area contributed by atoms with Crippen molar-refractivity contribution in [2.24, 2.45) is 5.92 Å². The fraction of sp³-hybridized carbons (Fsp3) is 0.875. The van der Waals surface area contributed by atoms with E-state index in [0.717, 1.165) is 0 Å². The maximum Gasteiger partial charge on any atom is 0.325 e. The molecule has 6 nitrogen and oxygen atoms in total. The molecule has 0 saturated carbocycles. The second-order valence-corrected chi connectivity index (χ2v) is 6.19. The van der Waals surface area contributed by atoms with Gasteiger partial charge in [0.15, 0.2) is 6.29 Å². The first kappa shape index (κ1) is 20.9. The van der Waals surface area contributed by atoms with Crippen molar-refractivity contribution < 1.29 is 28.5 Å². The van der Waals surface area contributed by atoms with Gasteiger partial charge in [0.05, 0.1) is 24.4 Å². The number of ether oxygens (including phenoxy) is 4. The Kier molecular flexibility index (Phi) is 9.28. The minimum atomic E-state index is -1.27. The summed E-state index contributed by atoms with van der Waals surface area (Å²) in [5, 5.41) is 0. The number of carbonyl (C=O) groups excluding carboxylic acids is 2. The van der Waals surface area contributed by atoms with E-state index in [-0.39, 0.29) is 24.4 Å². The number of hydrogen-bond acceptors (Lipinski definition) is 6. The first-order valence-corrected chi connectivity index (χ1v) is 7.76. The van der Waals surface area contributed by atoms with Crippen molar-refractivity contribution in [3.8, 4) is 0 Å². The monoisotopic (exact) mass is 318 g/mol. The van der Waals surface area contributed by atoms with Gasteiger partial charge in [-0.25, -0.2) is 0 Å². The largest absolute Gasteiger partial charge is 0.462 e. The molecule has 0 fully saturated rings. The molecule has 0 heterocycles. The number of esters is 2. The van der Waals surface area contributed by atoms with Gasteiger partial charge in [0, 0.05) is 0 Å². The van der Waals surface area contributed by atoms with Crippen molar-refractivity contribution >= 4 is 11.9 Å². The van der Waals surface area contributed by atoms with Crippen molar-refractivity contribution in [1.82, 2.24) is 0 Å². The minimum Gasteiger partial charge on any atom is -0.462 e. The van der Waals surface area contributed by atoms with Gasteiger partial charge in [-0.05, 0) is 55.4 Å². The Morgan fingerprint density at radius 1 is 0.591 bits per heavy atom. The lowest BCUT2D eigenvalue weighted by Gasteiger charge is -2.28. The summed E-state index contributed by atoms with van der Waals surface area (Å²) in [5.74, 6) is -2.67. The Morgan fingerprint density at radius 3 is 1.14 bits per heavy atom. The number of rotatable bonds is 9. The fourth-order valence-electron chi connectivity index (χ4n) is 1.66. The smallest absolute Gasteiger partial charge is 0.325 e. The van der Waals surface area contributed by atoms with Gasteiger partial charge in [0.2, 0.25) is 5.92 Å². The highest BCUT2D eigenvalue weighted by atomic mass is 16.7. The van der Waals surface area contributed by atoms with Gasteiger partial charge in [0.1, 0.15) is 0 Å². The number of hydrogen-bond donors (Lipinski definition) is 0. The zero-order valence-corrected chi connectivity index (χ0v) is 14.9. The molecule has 0 atom stereocenters. The van der Waals surface area contributed by atoms with Crippen molar-refractivity contribution in [2.45, 2.75) is 86.1 Å². The third kappa shape index (κ3) is 8.34. The van der Waals surface area contributed by atoms with Crippen LogP contribution in [0.1, 0.15) is 55.4 Å². The van der Waals surface area contributed by atoms with Crippen LogP contribution in [0.3, 0.4) is 0 Å². The van der Waals surface area contributed by atoms with Crippen LogP contribution >= 0.6 is 0 Å². The summed E-state index contributed by atoms with van der Waals surface area (Å²) in [7, 11) is 0. The second kappa shape index (κ2) is 9.79. The van der Waals surface area contributed by atoms with Gasteiger partial charge < -0.3 is 18.9 Å². The lowest BCUT2D eigenvalue weighted by atomic mass is 10.1. The van der Waals surface area contributed by atoms with E-state index in [1.165, 1.54) is 0 Å². The lowest BCUT2D eigenvalue weighted by molar-refractivity contribution is -0.223. The van der Waals surface area contributed by atoms with E-state index in [4.69, 9.17) is 18.9 Å². The fourth-order valence-corrected chi connectivity index (χ4v) is 1.66. The van der Waals surface area contributed by atoms with Crippen molar-refractivity contribution in [1.29, 1.82) is 0 Å². The molecule has 22 heavy (non-hydrogen) atoms. The average molecular weight is 318 g/mol. The van der Waals surface area contributed by atoms with Crippen LogP contribution in [0.15, 0.2) is 0 Å². The predicted octanol–water partition coefficient (Wildman–Crippen LogP) is 2.68. The van der Waals surface area contributed by atoms with Crippen LogP contribution in [-0.4, -0.2) is 42.6 Å². The maximum atomic E-state index is 12.3. The third-order valence-electron chi connectivity index (χ3n) is 2.30. The lowest BCUT2D eigenvalue weighted by Crippen LogP contribution is -2.44. The Morgan fingerprint density at radius 2 is 0.909 bits per heavy atom. The highest BCUT2D eigenvalue weighted by molar-refractivity contribution is 5.95. The SMILES string of the molecule is CC(C)OC(=O)C(C(=O)OC(C)C)C(OC(C)C)OC(C)C. The molecule has 0 rings (SSSR count). The van der Waals surface area contributed by atoms with E-state index in [1.54, 1.807) is 55.4 Å². The summed E-state index contributed by atoms with van der Waals surface area (Å²) < 4.78 is 21.5. The van der Waals surface area contributed by atoms with Crippen molar-refractivity contribution in [2.75, 3.05) is 0 Å². The van der Waals surface area contributed by atoms with Crippen LogP contribution in [-0.2, 0) is 28.5 Å². The molecule has 0 aromatic rings. The van der Waals surface area contributed by atoms with Crippen LogP contribution in [0.2, 0.25) is 0 Å². The van der Waals surface area contributed by atoms with Gasteiger partial charge in [-0.1, -0.05) is 0 Å². The maximum absolute atomic E-state index is 12.3. The van der Waals surface area contributed by atoms with Gasteiger partial charge in [-0.2, -0.15) is 0 Å². The molecule has 0 aliphatic rings. The predicted molar refractivity (Wildman–Crippen MR) is 82.2 cm³/mol. The van der Waals surface area contributed by atoms with E-state index < -0.39 is 24.1 Å². The van der Waals surface area contributed by atoms with Crippen LogP contribution in [0.5, 0.6) is 0 Å². The molecule has 0 aliphatic carbocycles. The summed E-state index contributed by atoms with van der Waals surface area (Å²) in [6, 6.07) is 0. The summed E-state index contributed by atoms with van der Waals surface area (Å²) in [6.45, 7) is 14.1. The topological polar surface area (TPSA) is 71.1 Å². The van der Waals surface area contributed by atoms with E-state index in [2.05, 4.69) is 0 Å². The normalized spacial score (nSPS) is 12.1. The molecule has 0 aromatic heterocycles. The molecule has 0 aliphatic heterocycles. The van der Waals surface area contributed by atoms with Crippen LogP contribution in [0, 0.1) is 5.92 Å². The van der Waals surface area contributed by atoms with Crippen LogP contribution in [0.25, 0.3) is 0 Å². The Labute approximate surface area is 133 Å². The van der Waals surface area contributed by atoms with E-state index in [9.17, 15) is 9.59 Å². The first-order valence-electron chi connectivity index (χ1n) is 7.76. The quantitative estimate of drug-likeness (QED) is 0.370. The standard InChI is InChI=1S/C16H30O6/c1-9(2)19-14(17)13(15(18)20-10(3)4)16(21-11(5)6)22-12(7)8/h9-13,16H,1-8H3. The third-order valence-corrected chi connectivity index (χ3v) is 2.30. The minimum absolute atomic E-state index is 0.218. The van der Waals surface area contributed by atoms with Crippen LogP contribution in [0.4, 0.5) is 0 Å². The van der Waals surface area contributed by atoms with Gasteiger partial charge in [-0.15, -0.1) is 0 Å². The average Bonchev–Trinajstić information content (AvgIpc) is 2.24. The zero-order chi connectivity index (χ0) is 17.4. The van der Waals surface area contributed by atoms with Crippen LogP contribution < -0.4 is 0 Å². The summed E-state index contributed by atoms with van der Waals surface area (Å²) in [6.07, 6.45) is -2.17. The molecular weight excluding hydrogens is 288 g/mol. The molecule has 6 heteroatoms. The first-order chi connectivity index (χ1) is 10.0. The molecule has 0 unspecified atom stereocenters. The molecular formula is C16H30O6. The molecule has 0 radical (unpaired) electrons. The Bertz CT molecular complexity index is 317. The molecule has 0 spiro atoms. The summed E-state index contributed by atoms with van der Waals surface area (Å²) in [5.41, 5.74) is 0. The Balaban J connectivity index is 5.35.